The summed E-state index contributed by atoms with van der Waals surface area (Å²) in [6, 6.07) is 5.36. The minimum absolute atomic E-state index is 0.0819. The van der Waals surface area contributed by atoms with Gasteiger partial charge in [-0.1, -0.05) is 6.42 Å². The maximum Gasteiger partial charge on any atom is 0.341 e. The van der Waals surface area contributed by atoms with Crippen molar-refractivity contribution in [1.82, 2.24) is 0 Å². The smallest absolute Gasteiger partial charge is 0.341 e. The predicted molar refractivity (Wildman–Crippen MR) is 103 cm³/mol. The van der Waals surface area contributed by atoms with Crippen molar-refractivity contribution in [1.29, 1.82) is 0 Å². The second-order valence-corrected chi connectivity index (χ2v) is 7.35. The Bertz CT molecular complexity index is 873. The Balaban J connectivity index is 1.90. The molecule has 0 saturated carbocycles. The number of aryl methyl sites for hydroxylation is 1. The van der Waals surface area contributed by atoms with Crippen LogP contribution in [0.1, 0.15) is 57.3 Å². The summed E-state index contributed by atoms with van der Waals surface area (Å²) < 4.78 is 5.20. The predicted octanol–water partition coefficient (Wildman–Crippen LogP) is 4.35. The van der Waals surface area contributed by atoms with Crippen LogP contribution in [0.15, 0.2) is 24.3 Å². The number of anilines is 1. The van der Waals surface area contributed by atoms with Gasteiger partial charge < -0.3 is 10.1 Å². The van der Waals surface area contributed by atoms with Crippen LogP contribution in [0.25, 0.3) is 0 Å². The van der Waals surface area contributed by atoms with Crippen LogP contribution in [0.5, 0.6) is 0 Å². The van der Waals surface area contributed by atoms with Gasteiger partial charge in [0.15, 0.2) is 0 Å². The molecule has 0 unspecified atom stereocenters. The number of thiophene rings is 1. The number of fused-ring (bicyclic) bond motifs is 1. The van der Waals surface area contributed by atoms with E-state index in [1.807, 2.05) is 0 Å². The van der Waals surface area contributed by atoms with Gasteiger partial charge in [0.1, 0.15) is 5.00 Å². The molecule has 1 heterocycles. The van der Waals surface area contributed by atoms with Crippen LogP contribution < -0.4 is 5.32 Å². The second-order valence-electron chi connectivity index (χ2n) is 6.25. The van der Waals surface area contributed by atoms with Gasteiger partial charge in [-0.3, -0.25) is 14.9 Å². The minimum Gasteiger partial charge on any atom is -0.462 e. The van der Waals surface area contributed by atoms with E-state index in [1.165, 1.54) is 35.6 Å². The minimum atomic E-state index is -0.517. The van der Waals surface area contributed by atoms with E-state index >= 15 is 0 Å². The number of non-ortho nitro benzene ring substituents is 1. The number of hydrogen-bond acceptors (Lipinski definition) is 6. The molecule has 0 radical (unpaired) electrons. The second kappa shape index (κ2) is 8.30. The summed E-state index contributed by atoms with van der Waals surface area (Å²) in [7, 11) is 0. The number of nitrogens with zero attached hydrogens (tertiary/aromatic N) is 1. The summed E-state index contributed by atoms with van der Waals surface area (Å²) in [5.41, 5.74) is 1.64. The third kappa shape index (κ3) is 4.16. The first-order valence-electron chi connectivity index (χ1n) is 8.88. The molecule has 1 N–H and O–H groups in total. The maximum atomic E-state index is 12.6. The molecule has 3 rings (SSSR count). The van der Waals surface area contributed by atoms with Gasteiger partial charge in [0, 0.05) is 22.6 Å². The summed E-state index contributed by atoms with van der Waals surface area (Å²) in [5, 5.41) is 14.0. The van der Waals surface area contributed by atoms with Crippen molar-refractivity contribution in [2.45, 2.75) is 39.0 Å². The van der Waals surface area contributed by atoms with Crippen molar-refractivity contribution in [3.63, 3.8) is 0 Å². The highest BCUT2D eigenvalue weighted by Crippen LogP contribution is 2.38. The largest absolute Gasteiger partial charge is 0.462 e. The third-order valence-electron chi connectivity index (χ3n) is 4.47. The Kier molecular flexibility index (Phi) is 5.85. The van der Waals surface area contributed by atoms with Crippen LogP contribution >= 0.6 is 11.3 Å². The lowest BCUT2D eigenvalue weighted by Gasteiger charge is -2.08. The highest BCUT2D eigenvalue weighted by atomic mass is 32.1. The molecule has 0 fully saturated rings. The average Bonchev–Trinajstić information content (AvgIpc) is 2.82. The SMILES string of the molecule is CCOC(=O)c1c(NC(=O)c2ccc([N+](=O)[O-])cc2)sc2c1CCCCC2. The summed E-state index contributed by atoms with van der Waals surface area (Å²) in [6.45, 7) is 2.01. The van der Waals surface area contributed by atoms with Gasteiger partial charge in [0.2, 0.25) is 0 Å². The number of ether oxygens (including phenoxy) is 1. The monoisotopic (exact) mass is 388 g/mol. The van der Waals surface area contributed by atoms with Gasteiger partial charge in [-0.05, 0) is 50.3 Å². The fourth-order valence-corrected chi connectivity index (χ4v) is 4.43. The number of nitro groups is 1. The van der Waals surface area contributed by atoms with Gasteiger partial charge in [-0.15, -0.1) is 11.3 Å². The fourth-order valence-electron chi connectivity index (χ4n) is 3.16. The number of esters is 1. The first-order valence-corrected chi connectivity index (χ1v) is 9.70. The summed E-state index contributed by atoms with van der Waals surface area (Å²) in [4.78, 5) is 36.4. The summed E-state index contributed by atoms with van der Waals surface area (Å²) >= 11 is 1.42. The Morgan fingerprint density at radius 1 is 1.19 bits per heavy atom. The molecule has 0 aliphatic heterocycles. The van der Waals surface area contributed by atoms with Crippen molar-refractivity contribution >= 4 is 33.9 Å². The van der Waals surface area contributed by atoms with Crippen LogP contribution in [0.2, 0.25) is 0 Å². The van der Waals surface area contributed by atoms with Crippen LogP contribution in [0, 0.1) is 10.1 Å². The number of carbonyl (C=O) groups excluding carboxylic acids is 2. The van der Waals surface area contributed by atoms with Gasteiger partial charge in [-0.2, -0.15) is 0 Å². The normalized spacial score (nSPS) is 13.4. The van der Waals surface area contributed by atoms with Crippen LogP contribution in [-0.4, -0.2) is 23.4 Å². The molecule has 1 aliphatic rings. The van der Waals surface area contributed by atoms with Crippen LogP contribution in [0.3, 0.4) is 0 Å². The van der Waals surface area contributed by atoms with E-state index in [2.05, 4.69) is 5.32 Å². The van der Waals surface area contributed by atoms with Gasteiger partial charge in [-0.25, -0.2) is 4.79 Å². The molecule has 27 heavy (non-hydrogen) atoms. The van der Waals surface area contributed by atoms with Crippen LogP contribution in [-0.2, 0) is 17.6 Å². The molecule has 2 aromatic rings. The van der Waals surface area contributed by atoms with E-state index in [0.29, 0.717) is 16.1 Å². The molecular weight excluding hydrogens is 368 g/mol. The number of benzene rings is 1. The van der Waals surface area contributed by atoms with Crippen molar-refractivity contribution < 1.29 is 19.2 Å². The molecule has 0 saturated heterocycles. The topological polar surface area (TPSA) is 98.5 Å². The van der Waals surface area contributed by atoms with E-state index in [0.717, 1.165) is 42.5 Å². The van der Waals surface area contributed by atoms with Crippen molar-refractivity contribution in [2.75, 3.05) is 11.9 Å². The van der Waals surface area contributed by atoms with E-state index < -0.39 is 16.8 Å². The molecular formula is C19H20N2O5S. The number of nitrogens with one attached hydrogen (secondary N) is 1. The summed E-state index contributed by atoms with van der Waals surface area (Å²) in [6.07, 6.45) is 4.87. The maximum absolute atomic E-state index is 12.6. The molecule has 7 nitrogen and oxygen atoms in total. The molecule has 8 heteroatoms. The third-order valence-corrected chi connectivity index (χ3v) is 5.68. The Labute approximate surface area is 160 Å². The fraction of sp³-hybridized carbons (Fsp3) is 0.368. The molecule has 0 spiro atoms. The zero-order valence-electron chi connectivity index (χ0n) is 14.9. The molecule has 1 aliphatic carbocycles. The molecule has 142 valence electrons. The number of carbonyl (C=O) groups is 2. The van der Waals surface area contributed by atoms with E-state index in [1.54, 1.807) is 6.92 Å². The number of hydrogen-bond donors (Lipinski definition) is 1. The number of amides is 1. The van der Waals surface area contributed by atoms with E-state index in [9.17, 15) is 19.7 Å². The Morgan fingerprint density at radius 3 is 2.56 bits per heavy atom. The number of rotatable bonds is 5. The molecule has 0 bridgehead atoms. The van der Waals surface area contributed by atoms with Gasteiger partial charge in [0.05, 0.1) is 17.1 Å². The van der Waals surface area contributed by atoms with Crippen molar-refractivity contribution in [3.8, 4) is 0 Å². The molecule has 1 amide bonds. The Morgan fingerprint density at radius 2 is 1.89 bits per heavy atom. The zero-order valence-corrected chi connectivity index (χ0v) is 15.8. The quantitative estimate of drug-likeness (QED) is 0.355. The molecule has 1 aromatic carbocycles. The lowest BCUT2D eigenvalue weighted by Crippen LogP contribution is -2.15. The first-order chi connectivity index (χ1) is 13.0. The molecule has 0 atom stereocenters. The highest BCUT2D eigenvalue weighted by Gasteiger charge is 2.26. The number of nitro benzene ring substituents is 1. The van der Waals surface area contributed by atoms with E-state index in [4.69, 9.17) is 4.74 Å². The lowest BCUT2D eigenvalue weighted by atomic mass is 10.1. The average molecular weight is 388 g/mol. The lowest BCUT2D eigenvalue weighted by molar-refractivity contribution is -0.384. The zero-order chi connectivity index (χ0) is 19.4. The van der Waals surface area contributed by atoms with Gasteiger partial charge in [0.25, 0.3) is 11.6 Å². The standard InChI is InChI=1S/C19H20N2O5S/c1-2-26-19(23)16-14-6-4-3-5-7-15(14)27-18(16)20-17(22)12-8-10-13(11-9-12)21(24)25/h8-11H,2-7H2,1H3,(H,20,22). The van der Waals surface area contributed by atoms with Crippen molar-refractivity contribution in [2.24, 2.45) is 0 Å². The molecule has 1 aromatic heterocycles. The first kappa shape index (κ1) is 19.0. The Hall–Kier alpha value is -2.74. The highest BCUT2D eigenvalue weighted by molar-refractivity contribution is 7.17. The summed E-state index contributed by atoms with van der Waals surface area (Å²) in [5.74, 6) is -0.831. The van der Waals surface area contributed by atoms with Crippen LogP contribution in [0.4, 0.5) is 10.7 Å². The van der Waals surface area contributed by atoms with Gasteiger partial charge >= 0.3 is 5.97 Å². The van der Waals surface area contributed by atoms with Crippen molar-refractivity contribution in [3.05, 3.63) is 55.9 Å². The van der Waals surface area contributed by atoms with E-state index in [-0.39, 0.29) is 12.3 Å².